The zero-order chi connectivity index (χ0) is 15.3. The van der Waals surface area contributed by atoms with Crippen LogP contribution >= 0.6 is 0 Å². The van der Waals surface area contributed by atoms with Gasteiger partial charge in [-0.25, -0.2) is 0 Å². The molecule has 5 N–H and O–H groups in total. The van der Waals surface area contributed by atoms with Crippen molar-refractivity contribution in [2.45, 2.75) is 19.5 Å². The van der Waals surface area contributed by atoms with Crippen LogP contribution in [-0.4, -0.2) is 31.0 Å². The molecule has 0 fully saturated rings. The molecule has 0 saturated heterocycles. The van der Waals surface area contributed by atoms with Crippen molar-refractivity contribution in [1.82, 2.24) is 0 Å². The fourth-order valence-corrected chi connectivity index (χ4v) is 1.94. The number of rotatable bonds is 6. The van der Waals surface area contributed by atoms with Gasteiger partial charge < -0.3 is 21.5 Å². The van der Waals surface area contributed by atoms with Crippen molar-refractivity contribution in [3.8, 4) is 0 Å². The van der Waals surface area contributed by atoms with Gasteiger partial charge in [-0.05, 0) is 24.6 Å². The van der Waals surface area contributed by atoms with Crippen LogP contribution in [0.3, 0.4) is 0 Å². The smallest absolute Gasteiger partial charge is 0.393 e. The van der Waals surface area contributed by atoms with Gasteiger partial charge in [-0.2, -0.15) is 13.2 Å². The van der Waals surface area contributed by atoms with Gasteiger partial charge in [0.1, 0.15) is 0 Å². The Morgan fingerprint density at radius 1 is 1.25 bits per heavy atom. The molecule has 114 valence electrons. The van der Waals surface area contributed by atoms with Crippen molar-refractivity contribution in [3.63, 3.8) is 0 Å². The number of benzene rings is 1. The molecule has 0 radical (unpaired) electrons. The summed E-state index contributed by atoms with van der Waals surface area (Å²) in [4.78, 5) is 1.47. The summed E-state index contributed by atoms with van der Waals surface area (Å²) in [6.45, 7) is 1.14. The van der Waals surface area contributed by atoms with Crippen molar-refractivity contribution in [1.29, 1.82) is 0 Å². The number of halogens is 3. The van der Waals surface area contributed by atoms with Gasteiger partial charge in [0.2, 0.25) is 0 Å². The summed E-state index contributed by atoms with van der Waals surface area (Å²) in [6, 6.07) is 4.67. The van der Waals surface area contributed by atoms with E-state index < -0.39 is 12.1 Å². The summed E-state index contributed by atoms with van der Waals surface area (Å²) < 4.78 is 38.5. The second-order valence-corrected chi connectivity index (χ2v) is 4.63. The second-order valence-electron chi connectivity index (χ2n) is 4.63. The number of alkyl halides is 3. The van der Waals surface area contributed by atoms with Crippen LogP contribution in [-0.2, 0) is 0 Å². The lowest BCUT2D eigenvalue weighted by Gasteiger charge is -2.30. The largest absolute Gasteiger partial charge is 0.397 e. The fourth-order valence-electron chi connectivity index (χ4n) is 1.94. The highest BCUT2D eigenvalue weighted by molar-refractivity contribution is 5.69. The molecule has 0 amide bonds. The lowest BCUT2D eigenvalue weighted by Crippen LogP contribution is -2.38. The highest BCUT2D eigenvalue weighted by Gasteiger charge is 2.39. The van der Waals surface area contributed by atoms with Crippen molar-refractivity contribution in [3.05, 3.63) is 18.2 Å². The molecule has 0 aliphatic heterocycles. The lowest BCUT2D eigenvalue weighted by molar-refractivity contribution is -0.172. The Bertz CT molecular complexity index is 437. The second kappa shape index (κ2) is 6.69. The highest BCUT2D eigenvalue weighted by atomic mass is 19.4. The van der Waals surface area contributed by atoms with Crippen LogP contribution in [0, 0.1) is 5.92 Å². The Hall–Kier alpha value is -1.63. The third-order valence-electron chi connectivity index (χ3n) is 3.20. The number of hydrogen-bond acceptors (Lipinski definition) is 4. The van der Waals surface area contributed by atoms with E-state index in [1.807, 2.05) is 0 Å². The van der Waals surface area contributed by atoms with Gasteiger partial charge >= 0.3 is 6.18 Å². The van der Waals surface area contributed by atoms with E-state index in [2.05, 4.69) is 0 Å². The van der Waals surface area contributed by atoms with Gasteiger partial charge in [-0.1, -0.05) is 6.92 Å². The van der Waals surface area contributed by atoms with Gasteiger partial charge in [0, 0.05) is 18.8 Å². The Morgan fingerprint density at radius 2 is 1.90 bits per heavy atom. The van der Waals surface area contributed by atoms with Crippen LogP contribution in [0.2, 0.25) is 0 Å². The molecule has 1 rings (SSSR count). The maximum Gasteiger partial charge on any atom is 0.393 e. The van der Waals surface area contributed by atoms with Crippen LogP contribution in [0.1, 0.15) is 13.3 Å². The van der Waals surface area contributed by atoms with Crippen LogP contribution < -0.4 is 16.4 Å². The van der Waals surface area contributed by atoms with Gasteiger partial charge in [-0.3, -0.25) is 0 Å². The van der Waals surface area contributed by atoms with E-state index in [1.165, 1.54) is 17.9 Å². The minimum atomic E-state index is -4.26. The molecular weight excluding hydrogens is 271 g/mol. The summed E-state index contributed by atoms with van der Waals surface area (Å²) in [5.74, 6) is -1.45. The number of nitrogens with two attached hydrogens (primary N) is 2. The molecule has 0 spiro atoms. The minimum Gasteiger partial charge on any atom is -0.397 e. The van der Waals surface area contributed by atoms with Crippen molar-refractivity contribution in [2.24, 2.45) is 5.92 Å². The monoisotopic (exact) mass is 291 g/mol. The summed E-state index contributed by atoms with van der Waals surface area (Å²) in [5.41, 5.74) is 12.5. The van der Waals surface area contributed by atoms with Crippen LogP contribution in [0.25, 0.3) is 0 Å². The topological polar surface area (TPSA) is 75.5 Å². The molecule has 0 bridgehead atoms. The Morgan fingerprint density at radius 3 is 2.35 bits per heavy atom. The van der Waals surface area contributed by atoms with Gasteiger partial charge in [-0.15, -0.1) is 0 Å². The van der Waals surface area contributed by atoms with Crippen molar-refractivity contribution in [2.75, 3.05) is 36.1 Å². The normalized spacial score (nSPS) is 13.2. The predicted molar refractivity (Wildman–Crippen MR) is 74.4 cm³/mol. The molecule has 4 nitrogen and oxygen atoms in total. The lowest BCUT2D eigenvalue weighted by atomic mass is 10.0. The van der Waals surface area contributed by atoms with E-state index in [0.29, 0.717) is 17.1 Å². The molecule has 0 aliphatic carbocycles. The molecule has 7 heteroatoms. The molecule has 20 heavy (non-hydrogen) atoms. The summed E-state index contributed by atoms with van der Waals surface area (Å²) in [6.07, 6.45) is -4.28. The third kappa shape index (κ3) is 4.19. The first kappa shape index (κ1) is 16.4. The number of hydrogen-bond donors (Lipinski definition) is 3. The maximum absolute atomic E-state index is 12.8. The molecule has 1 aromatic carbocycles. The van der Waals surface area contributed by atoms with E-state index in [4.69, 9.17) is 16.6 Å². The van der Waals surface area contributed by atoms with Gasteiger partial charge in [0.15, 0.2) is 0 Å². The number of anilines is 3. The van der Waals surface area contributed by atoms with Crippen LogP contribution in [0.4, 0.5) is 30.2 Å². The third-order valence-corrected chi connectivity index (χ3v) is 3.20. The van der Waals surface area contributed by atoms with Crippen LogP contribution in [0.15, 0.2) is 18.2 Å². The summed E-state index contributed by atoms with van der Waals surface area (Å²) in [5, 5.41) is 9.03. The van der Waals surface area contributed by atoms with E-state index in [0.717, 1.165) is 0 Å². The quantitative estimate of drug-likeness (QED) is 0.703. The molecule has 0 aromatic heterocycles. The van der Waals surface area contributed by atoms with E-state index in [1.54, 1.807) is 12.1 Å². The highest BCUT2D eigenvalue weighted by Crippen LogP contribution is 2.31. The van der Waals surface area contributed by atoms with Crippen LogP contribution in [0.5, 0.6) is 0 Å². The Labute approximate surface area is 116 Å². The summed E-state index contributed by atoms with van der Waals surface area (Å²) >= 11 is 0. The number of aliphatic hydroxyl groups is 1. The average molecular weight is 291 g/mol. The minimum absolute atomic E-state index is 0.0180. The number of nitrogens with zero attached hydrogens (tertiary/aromatic N) is 1. The molecular formula is C13H20F3N3O. The fraction of sp³-hybridized carbons (Fsp3) is 0.538. The number of aliphatic hydroxyl groups excluding tert-OH is 1. The zero-order valence-corrected chi connectivity index (χ0v) is 11.3. The molecule has 1 atom stereocenters. The van der Waals surface area contributed by atoms with Crippen molar-refractivity contribution < 1.29 is 18.3 Å². The van der Waals surface area contributed by atoms with E-state index in [-0.39, 0.29) is 26.1 Å². The first-order chi connectivity index (χ1) is 9.29. The molecule has 1 aromatic rings. The van der Waals surface area contributed by atoms with Gasteiger partial charge in [0.25, 0.3) is 0 Å². The predicted octanol–water partition coefficient (Wildman–Crippen LogP) is 2.24. The first-order valence-electron chi connectivity index (χ1n) is 6.37. The Kier molecular flexibility index (Phi) is 5.50. The summed E-state index contributed by atoms with van der Waals surface area (Å²) in [7, 11) is 0. The first-order valence-corrected chi connectivity index (χ1v) is 6.37. The zero-order valence-electron chi connectivity index (χ0n) is 11.3. The van der Waals surface area contributed by atoms with Crippen molar-refractivity contribution >= 4 is 17.1 Å². The SMILES string of the molecule is CC[C@@H](CN(CCO)c1ccc(N)c(N)c1)C(F)(F)F. The van der Waals surface area contributed by atoms with E-state index >= 15 is 0 Å². The van der Waals surface area contributed by atoms with Gasteiger partial charge in [0.05, 0.1) is 23.9 Å². The molecule has 0 unspecified atom stereocenters. The maximum atomic E-state index is 12.8. The standard InChI is InChI=1S/C13H20F3N3O/c1-2-9(13(14,15)16)8-19(5-6-20)10-3-4-11(17)12(18)7-10/h3-4,7,9,20H,2,5-6,8,17-18H2,1H3/t9-/m0/s1. The molecule has 0 heterocycles. The van der Waals surface area contributed by atoms with E-state index in [9.17, 15) is 13.2 Å². The molecule has 0 saturated carbocycles. The molecule has 0 aliphatic rings. The Balaban J connectivity index is 2.95. The average Bonchev–Trinajstić information content (AvgIpc) is 2.36. The number of nitrogen functional groups attached to an aromatic ring is 2.